The van der Waals surface area contributed by atoms with Gasteiger partial charge < -0.3 is 20.3 Å². The average Bonchev–Trinajstić information content (AvgIpc) is 3.52. The Hall–Kier alpha value is -3.93. The van der Waals surface area contributed by atoms with Crippen LogP contribution in [0.15, 0.2) is 42.6 Å². The molecule has 0 saturated carbocycles. The quantitative estimate of drug-likeness (QED) is 0.306. The van der Waals surface area contributed by atoms with Crippen LogP contribution in [0.2, 0.25) is 0 Å². The number of carbonyl (C=O) groups is 3. The molecule has 1 saturated heterocycles. The maximum absolute atomic E-state index is 13.5. The molecule has 1 aromatic heterocycles. The molecule has 0 bridgehead atoms. The summed E-state index contributed by atoms with van der Waals surface area (Å²) in [5.41, 5.74) is 5.01. The van der Waals surface area contributed by atoms with Crippen molar-refractivity contribution >= 4 is 34.4 Å². The number of hydrogen-bond acceptors (Lipinski definition) is 4. The van der Waals surface area contributed by atoms with Crippen molar-refractivity contribution in [2.45, 2.75) is 51.4 Å². The van der Waals surface area contributed by atoms with E-state index in [-0.39, 0.29) is 11.7 Å². The molecule has 1 fully saturated rings. The van der Waals surface area contributed by atoms with Crippen molar-refractivity contribution in [3.05, 3.63) is 65.1 Å². The lowest BCUT2D eigenvalue weighted by atomic mass is 9.89. The van der Waals surface area contributed by atoms with E-state index in [1.807, 2.05) is 18.3 Å². The highest BCUT2D eigenvalue weighted by molar-refractivity contribution is 6.39. The number of aliphatic carboxylic acids is 1. The number of carboxylic acid groups (broad SMARTS) is 1. The number of carboxylic acids is 1. The fourth-order valence-electron chi connectivity index (χ4n) is 5.25. The van der Waals surface area contributed by atoms with E-state index in [2.05, 4.69) is 28.2 Å². The first-order valence-electron chi connectivity index (χ1n) is 13.0. The molecular weight excluding hydrogens is 532 g/mol. The van der Waals surface area contributed by atoms with E-state index in [9.17, 15) is 27.2 Å². The standard InChI is InChI=1S/C26H29FN4O2.C2HF3O2/c1-2-10-30-15-18-4-3-5-23(22(18)16-30)29-25(32)26(33)31-11-8-17(9-12-31)21-14-28-24-13-19(27)6-7-20(21)24;3-2(4,5)1(6)7/h3-7,13-14,17,28H,2,8-12,15-16H2,1H3,(H,29,32);(H,6,7). The molecule has 0 aliphatic carbocycles. The molecule has 2 amide bonds. The van der Waals surface area contributed by atoms with Gasteiger partial charge in [-0.05, 0) is 72.7 Å². The molecule has 40 heavy (non-hydrogen) atoms. The zero-order valence-corrected chi connectivity index (χ0v) is 21.9. The molecule has 3 N–H and O–H groups in total. The summed E-state index contributed by atoms with van der Waals surface area (Å²) in [6.45, 7) is 5.92. The number of aromatic amines is 1. The van der Waals surface area contributed by atoms with Crippen LogP contribution < -0.4 is 5.32 Å². The molecule has 2 aromatic carbocycles. The topological polar surface area (TPSA) is 106 Å². The van der Waals surface area contributed by atoms with E-state index in [0.717, 1.165) is 66.6 Å². The number of aromatic nitrogens is 1. The van der Waals surface area contributed by atoms with Gasteiger partial charge in [-0.25, -0.2) is 9.18 Å². The number of fused-ring (bicyclic) bond motifs is 2. The maximum atomic E-state index is 13.5. The third kappa shape index (κ3) is 6.61. The number of rotatable bonds is 4. The van der Waals surface area contributed by atoms with E-state index in [1.165, 1.54) is 17.7 Å². The predicted molar refractivity (Wildman–Crippen MR) is 140 cm³/mol. The van der Waals surface area contributed by atoms with Crippen LogP contribution in [0.3, 0.4) is 0 Å². The van der Waals surface area contributed by atoms with E-state index >= 15 is 0 Å². The number of H-pyrrole nitrogens is 1. The molecule has 0 spiro atoms. The molecular formula is C28H30F4N4O4. The van der Waals surface area contributed by atoms with Gasteiger partial charge in [-0.2, -0.15) is 13.2 Å². The van der Waals surface area contributed by atoms with Gasteiger partial charge in [-0.15, -0.1) is 0 Å². The number of hydrogen-bond donors (Lipinski definition) is 3. The molecule has 5 rings (SSSR count). The number of piperidine rings is 1. The van der Waals surface area contributed by atoms with Crippen LogP contribution in [0.5, 0.6) is 0 Å². The lowest BCUT2D eigenvalue weighted by Gasteiger charge is -2.31. The Morgan fingerprint density at radius 3 is 2.45 bits per heavy atom. The number of alkyl halides is 3. The fourth-order valence-corrected chi connectivity index (χ4v) is 5.25. The minimum absolute atomic E-state index is 0.260. The number of likely N-dealkylation sites (tertiary alicyclic amines) is 1. The number of carbonyl (C=O) groups excluding carboxylic acids is 2. The summed E-state index contributed by atoms with van der Waals surface area (Å²) in [4.78, 5) is 41.7. The lowest BCUT2D eigenvalue weighted by molar-refractivity contribution is -0.192. The van der Waals surface area contributed by atoms with Gasteiger partial charge in [0, 0.05) is 49.0 Å². The Bertz CT molecular complexity index is 1400. The summed E-state index contributed by atoms with van der Waals surface area (Å²) >= 11 is 0. The number of amides is 2. The van der Waals surface area contributed by atoms with E-state index in [1.54, 1.807) is 11.0 Å². The van der Waals surface area contributed by atoms with Gasteiger partial charge in [0.1, 0.15) is 5.82 Å². The molecule has 3 aromatic rings. The van der Waals surface area contributed by atoms with Crippen LogP contribution in [-0.4, -0.2) is 63.5 Å². The average molecular weight is 563 g/mol. The summed E-state index contributed by atoms with van der Waals surface area (Å²) in [6.07, 6.45) is -0.511. The highest BCUT2D eigenvalue weighted by Gasteiger charge is 2.38. The summed E-state index contributed by atoms with van der Waals surface area (Å²) < 4.78 is 45.2. The molecule has 2 aliphatic rings. The Balaban J connectivity index is 0.000000470. The van der Waals surface area contributed by atoms with Crippen LogP contribution in [0.1, 0.15) is 48.8 Å². The largest absolute Gasteiger partial charge is 0.490 e. The van der Waals surface area contributed by atoms with Gasteiger partial charge in [0.25, 0.3) is 0 Å². The zero-order valence-electron chi connectivity index (χ0n) is 21.9. The van der Waals surface area contributed by atoms with Crippen molar-refractivity contribution in [3.8, 4) is 0 Å². The molecule has 214 valence electrons. The monoisotopic (exact) mass is 562 g/mol. The smallest absolute Gasteiger partial charge is 0.475 e. The Morgan fingerprint density at radius 2 is 1.80 bits per heavy atom. The third-order valence-corrected chi connectivity index (χ3v) is 7.17. The predicted octanol–water partition coefficient (Wildman–Crippen LogP) is 5.01. The van der Waals surface area contributed by atoms with E-state index in [4.69, 9.17) is 9.90 Å². The number of nitrogens with zero attached hydrogens (tertiary/aromatic N) is 2. The van der Waals surface area contributed by atoms with Crippen LogP contribution in [0.4, 0.5) is 23.2 Å². The van der Waals surface area contributed by atoms with Crippen molar-refractivity contribution in [1.29, 1.82) is 0 Å². The van der Waals surface area contributed by atoms with E-state index < -0.39 is 24.0 Å². The normalized spacial score (nSPS) is 15.9. The SMILES string of the molecule is CCCN1Cc2cccc(NC(=O)C(=O)N3CCC(c4c[nH]c5cc(F)ccc45)CC3)c2C1.O=C(O)C(F)(F)F. The first kappa shape index (κ1) is 29.1. The van der Waals surface area contributed by atoms with Gasteiger partial charge in [0.05, 0.1) is 0 Å². The van der Waals surface area contributed by atoms with Crippen molar-refractivity contribution in [2.75, 3.05) is 25.0 Å². The van der Waals surface area contributed by atoms with Crippen molar-refractivity contribution in [3.63, 3.8) is 0 Å². The molecule has 0 radical (unpaired) electrons. The van der Waals surface area contributed by atoms with Gasteiger partial charge in [0.15, 0.2) is 0 Å². The van der Waals surface area contributed by atoms with Crippen LogP contribution in [-0.2, 0) is 27.5 Å². The highest BCUT2D eigenvalue weighted by atomic mass is 19.4. The van der Waals surface area contributed by atoms with Crippen molar-refractivity contribution in [2.24, 2.45) is 0 Å². The number of benzene rings is 2. The molecule has 3 heterocycles. The Labute approximate surface area is 227 Å². The molecule has 0 atom stereocenters. The number of halogens is 4. The molecule has 8 nitrogen and oxygen atoms in total. The summed E-state index contributed by atoms with van der Waals surface area (Å²) in [5.74, 6) is -3.79. The van der Waals surface area contributed by atoms with Gasteiger partial charge in [0.2, 0.25) is 0 Å². The minimum Gasteiger partial charge on any atom is -0.475 e. The Morgan fingerprint density at radius 1 is 1.10 bits per heavy atom. The van der Waals surface area contributed by atoms with Crippen LogP contribution in [0, 0.1) is 5.82 Å². The van der Waals surface area contributed by atoms with Crippen LogP contribution in [0.25, 0.3) is 10.9 Å². The first-order chi connectivity index (χ1) is 19.0. The molecule has 12 heteroatoms. The van der Waals surface area contributed by atoms with Crippen molar-refractivity contribution in [1.82, 2.24) is 14.8 Å². The summed E-state index contributed by atoms with van der Waals surface area (Å²) in [7, 11) is 0. The highest BCUT2D eigenvalue weighted by Crippen LogP contribution is 2.34. The maximum Gasteiger partial charge on any atom is 0.490 e. The minimum atomic E-state index is -5.08. The van der Waals surface area contributed by atoms with Gasteiger partial charge in [-0.3, -0.25) is 14.5 Å². The van der Waals surface area contributed by atoms with Crippen molar-refractivity contribution < 1.29 is 37.1 Å². The van der Waals surface area contributed by atoms with Gasteiger partial charge >= 0.3 is 24.0 Å². The summed E-state index contributed by atoms with van der Waals surface area (Å²) in [6, 6.07) is 10.7. The zero-order chi connectivity index (χ0) is 29.0. The molecule has 0 unspecified atom stereocenters. The summed E-state index contributed by atoms with van der Waals surface area (Å²) in [5, 5.41) is 11.0. The molecule has 2 aliphatic heterocycles. The second kappa shape index (κ2) is 12.1. The second-order valence-electron chi connectivity index (χ2n) is 9.91. The fraction of sp³-hybridized carbons (Fsp3) is 0.393. The number of anilines is 1. The van der Waals surface area contributed by atoms with Gasteiger partial charge in [-0.1, -0.05) is 19.1 Å². The Kier molecular flexibility index (Phi) is 8.77. The first-order valence-corrected chi connectivity index (χ1v) is 13.0. The lowest BCUT2D eigenvalue weighted by Crippen LogP contribution is -2.43. The van der Waals surface area contributed by atoms with E-state index in [0.29, 0.717) is 13.1 Å². The number of nitrogens with one attached hydrogen (secondary N) is 2. The van der Waals surface area contributed by atoms with Crippen LogP contribution >= 0.6 is 0 Å². The second-order valence-corrected chi connectivity index (χ2v) is 9.91. The third-order valence-electron chi connectivity index (χ3n) is 7.17.